The van der Waals surface area contributed by atoms with Gasteiger partial charge in [0.25, 0.3) is 0 Å². The Balaban J connectivity index is 1.11. The summed E-state index contributed by atoms with van der Waals surface area (Å²) in [6, 6.07) is 79.2. The van der Waals surface area contributed by atoms with Crippen molar-refractivity contribution in [2.45, 2.75) is 0 Å². The van der Waals surface area contributed by atoms with E-state index in [9.17, 15) is 0 Å². The van der Waals surface area contributed by atoms with Gasteiger partial charge in [-0.1, -0.05) is 194 Å². The lowest BCUT2D eigenvalue weighted by atomic mass is 9.89. The van der Waals surface area contributed by atoms with Crippen molar-refractivity contribution in [3.8, 4) is 67.8 Å². The predicted octanol–water partition coefficient (Wildman–Crippen LogP) is 14.4. The Hall–Kier alpha value is -8.41. The van der Waals surface area contributed by atoms with Crippen molar-refractivity contribution in [1.29, 1.82) is 0 Å². The Labute approximate surface area is 358 Å². The maximum atomic E-state index is 5.44. The molecule has 5 heteroatoms. The van der Waals surface area contributed by atoms with E-state index < -0.39 is 0 Å². The summed E-state index contributed by atoms with van der Waals surface area (Å²) in [6.45, 7) is 0. The molecule has 0 saturated heterocycles. The Morgan fingerprint density at radius 2 is 0.710 bits per heavy atom. The first-order valence-corrected chi connectivity index (χ1v) is 21.0. The van der Waals surface area contributed by atoms with E-state index in [0.717, 1.165) is 66.3 Å². The van der Waals surface area contributed by atoms with Crippen LogP contribution in [-0.2, 0) is 0 Å². The molecule has 3 aromatic heterocycles. The van der Waals surface area contributed by atoms with Gasteiger partial charge in [0, 0.05) is 38.4 Å². The minimum atomic E-state index is 0.556. The van der Waals surface area contributed by atoms with Gasteiger partial charge in [0.05, 0.1) is 22.1 Å². The first kappa shape index (κ1) is 35.5. The predicted molar refractivity (Wildman–Crippen MR) is 256 cm³/mol. The highest BCUT2D eigenvalue weighted by Crippen LogP contribution is 2.42. The molecule has 0 bridgehead atoms. The lowest BCUT2D eigenvalue weighted by Crippen LogP contribution is -2.07. The van der Waals surface area contributed by atoms with Crippen LogP contribution in [0.4, 0.5) is 0 Å². The van der Waals surface area contributed by atoms with E-state index in [2.05, 4.69) is 215 Å². The standard InChI is InChI=1S/C57H37N5/c1-4-19-38(20-5-1)43-27-10-12-29-45(43)46-30-13-11-28-44(46)40-23-18-24-41(37-40)56-58-55(39-21-6-2-7-22-39)59-57(60-56)62-52-34-17-15-32-48(52)50-36-35-49-47-31-14-16-33-51(47)61(53(49)54(50)62)42-25-8-3-9-26-42/h1-37H. The molecule has 290 valence electrons. The summed E-state index contributed by atoms with van der Waals surface area (Å²) in [6.07, 6.45) is 0. The quantitative estimate of drug-likeness (QED) is 0.162. The lowest BCUT2D eigenvalue weighted by Gasteiger charge is -2.16. The zero-order valence-corrected chi connectivity index (χ0v) is 33.6. The second-order valence-electron chi connectivity index (χ2n) is 15.6. The highest BCUT2D eigenvalue weighted by Gasteiger charge is 2.24. The van der Waals surface area contributed by atoms with Crippen molar-refractivity contribution in [1.82, 2.24) is 24.1 Å². The van der Waals surface area contributed by atoms with Gasteiger partial charge in [-0.05, 0) is 63.7 Å². The fourth-order valence-electron chi connectivity index (χ4n) is 9.25. The number of rotatable bonds is 7. The van der Waals surface area contributed by atoms with E-state index >= 15 is 0 Å². The van der Waals surface area contributed by atoms with Gasteiger partial charge in [0.2, 0.25) is 5.95 Å². The molecule has 62 heavy (non-hydrogen) atoms. The fourth-order valence-corrected chi connectivity index (χ4v) is 9.25. The van der Waals surface area contributed by atoms with Crippen LogP contribution >= 0.6 is 0 Å². The number of hydrogen-bond donors (Lipinski definition) is 0. The summed E-state index contributed by atoms with van der Waals surface area (Å²) in [5.41, 5.74) is 14.1. The maximum absolute atomic E-state index is 5.44. The molecule has 0 spiro atoms. The van der Waals surface area contributed by atoms with Crippen molar-refractivity contribution < 1.29 is 0 Å². The van der Waals surface area contributed by atoms with Crippen LogP contribution < -0.4 is 0 Å². The van der Waals surface area contributed by atoms with Crippen molar-refractivity contribution in [2.24, 2.45) is 0 Å². The van der Waals surface area contributed by atoms with Gasteiger partial charge < -0.3 is 4.57 Å². The van der Waals surface area contributed by atoms with E-state index in [1.165, 1.54) is 27.5 Å². The second-order valence-corrected chi connectivity index (χ2v) is 15.6. The molecule has 12 rings (SSSR count). The average Bonchev–Trinajstić information content (AvgIpc) is 3.88. The summed E-state index contributed by atoms with van der Waals surface area (Å²) in [5, 5.41) is 4.62. The summed E-state index contributed by atoms with van der Waals surface area (Å²) >= 11 is 0. The van der Waals surface area contributed by atoms with Gasteiger partial charge in [-0.3, -0.25) is 4.57 Å². The van der Waals surface area contributed by atoms with Crippen molar-refractivity contribution in [3.63, 3.8) is 0 Å². The molecule has 0 unspecified atom stereocenters. The maximum Gasteiger partial charge on any atom is 0.238 e. The number of aromatic nitrogens is 5. The minimum absolute atomic E-state index is 0.556. The van der Waals surface area contributed by atoms with E-state index in [-0.39, 0.29) is 0 Å². The van der Waals surface area contributed by atoms with Crippen LogP contribution in [0, 0.1) is 0 Å². The first-order valence-electron chi connectivity index (χ1n) is 21.0. The zero-order valence-electron chi connectivity index (χ0n) is 33.6. The highest BCUT2D eigenvalue weighted by atomic mass is 15.2. The Bertz CT molecular complexity index is 3620. The third kappa shape index (κ3) is 5.82. The molecule has 0 aliphatic carbocycles. The number of para-hydroxylation sites is 3. The summed E-state index contributed by atoms with van der Waals surface area (Å²) in [7, 11) is 0. The van der Waals surface area contributed by atoms with E-state index in [0.29, 0.717) is 17.6 Å². The van der Waals surface area contributed by atoms with Crippen LogP contribution in [0.3, 0.4) is 0 Å². The van der Waals surface area contributed by atoms with E-state index in [1.54, 1.807) is 0 Å². The SMILES string of the molecule is c1ccc(-c2nc(-c3cccc(-c4ccccc4-c4ccccc4-c4ccccc4)c3)nc(-n3c4ccccc4c4ccc5c6ccccc6n(-c6ccccc6)c5c43)n2)cc1. The number of nitrogens with zero attached hydrogens (tertiary/aromatic N) is 5. The van der Waals surface area contributed by atoms with Gasteiger partial charge in [0.1, 0.15) is 0 Å². The molecule has 0 atom stereocenters. The van der Waals surface area contributed by atoms with Crippen LogP contribution in [0.1, 0.15) is 0 Å². The Morgan fingerprint density at radius 1 is 0.274 bits per heavy atom. The number of hydrogen-bond acceptors (Lipinski definition) is 3. The van der Waals surface area contributed by atoms with Gasteiger partial charge in [-0.2, -0.15) is 9.97 Å². The molecule has 0 radical (unpaired) electrons. The monoisotopic (exact) mass is 791 g/mol. The molecule has 0 N–H and O–H groups in total. The third-order valence-electron chi connectivity index (χ3n) is 12.0. The molecule has 9 aromatic carbocycles. The van der Waals surface area contributed by atoms with Crippen molar-refractivity contribution in [2.75, 3.05) is 0 Å². The molecule has 0 aliphatic heterocycles. The Kier molecular flexibility index (Phi) is 8.42. The molecular formula is C57H37N5. The molecule has 3 heterocycles. The van der Waals surface area contributed by atoms with Gasteiger partial charge >= 0.3 is 0 Å². The molecular weight excluding hydrogens is 755 g/mol. The van der Waals surface area contributed by atoms with Gasteiger partial charge in [-0.15, -0.1) is 0 Å². The van der Waals surface area contributed by atoms with Crippen LogP contribution in [0.15, 0.2) is 224 Å². The normalized spacial score (nSPS) is 11.5. The molecule has 0 fully saturated rings. The number of benzene rings is 9. The first-order chi connectivity index (χ1) is 30.8. The summed E-state index contributed by atoms with van der Waals surface area (Å²) < 4.78 is 4.64. The van der Waals surface area contributed by atoms with Crippen LogP contribution in [0.5, 0.6) is 0 Å². The van der Waals surface area contributed by atoms with E-state index in [1.807, 2.05) is 18.2 Å². The van der Waals surface area contributed by atoms with Crippen LogP contribution in [-0.4, -0.2) is 24.1 Å². The minimum Gasteiger partial charge on any atom is -0.307 e. The van der Waals surface area contributed by atoms with Crippen LogP contribution in [0.2, 0.25) is 0 Å². The smallest absolute Gasteiger partial charge is 0.238 e. The zero-order chi connectivity index (χ0) is 41.0. The summed E-state index contributed by atoms with van der Waals surface area (Å²) in [4.78, 5) is 16.0. The molecule has 0 aliphatic rings. The second kappa shape index (κ2) is 14.7. The van der Waals surface area contributed by atoms with Gasteiger partial charge in [0.15, 0.2) is 11.6 Å². The molecule has 5 nitrogen and oxygen atoms in total. The van der Waals surface area contributed by atoms with E-state index in [4.69, 9.17) is 15.0 Å². The molecule has 0 saturated carbocycles. The lowest BCUT2D eigenvalue weighted by molar-refractivity contribution is 0.953. The summed E-state index contributed by atoms with van der Waals surface area (Å²) in [5.74, 6) is 1.76. The topological polar surface area (TPSA) is 48.5 Å². The van der Waals surface area contributed by atoms with Crippen molar-refractivity contribution >= 4 is 43.6 Å². The molecule has 0 amide bonds. The van der Waals surface area contributed by atoms with Crippen molar-refractivity contribution in [3.05, 3.63) is 224 Å². The largest absolute Gasteiger partial charge is 0.307 e. The van der Waals surface area contributed by atoms with Gasteiger partial charge in [-0.25, -0.2) is 4.98 Å². The third-order valence-corrected chi connectivity index (χ3v) is 12.0. The molecule has 12 aromatic rings. The number of fused-ring (bicyclic) bond motifs is 7. The Morgan fingerprint density at radius 3 is 1.34 bits per heavy atom. The highest BCUT2D eigenvalue weighted by molar-refractivity contribution is 6.23. The fraction of sp³-hybridized carbons (Fsp3) is 0. The van der Waals surface area contributed by atoms with Crippen LogP contribution in [0.25, 0.3) is 111 Å². The average molecular weight is 792 g/mol.